The third kappa shape index (κ3) is 3.31. The number of carbonyl (C=O) groups excluding carboxylic acids is 1. The lowest BCUT2D eigenvalue weighted by molar-refractivity contribution is 0.0918. The largest absolute Gasteiger partial charge is 0.496 e. The van der Waals surface area contributed by atoms with Gasteiger partial charge < -0.3 is 9.47 Å². The van der Waals surface area contributed by atoms with Crippen molar-refractivity contribution in [1.82, 2.24) is 0 Å². The van der Waals surface area contributed by atoms with Crippen LogP contribution in [0.1, 0.15) is 15.9 Å². The number of ether oxygens (including phenoxy) is 2. The summed E-state index contributed by atoms with van der Waals surface area (Å²) in [4.78, 5) is 12.1. The van der Waals surface area contributed by atoms with Crippen LogP contribution in [0.25, 0.3) is 0 Å². The van der Waals surface area contributed by atoms with E-state index in [2.05, 4.69) is 0 Å². The molecule has 0 amide bonds. The van der Waals surface area contributed by atoms with Gasteiger partial charge in [-0.25, -0.2) is 0 Å². The maximum Gasteiger partial charge on any atom is 0.203 e. The summed E-state index contributed by atoms with van der Waals surface area (Å²) < 4.78 is 10.7. The zero-order valence-electron chi connectivity index (χ0n) is 11.4. The van der Waals surface area contributed by atoms with Gasteiger partial charge in [-0.15, -0.1) is 0 Å². The number of rotatable bonds is 5. The molecule has 2 rings (SSSR count). The Bertz CT molecular complexity index is 623. The van der Waals surface area contributed by atoms with E-state index >= 15 is 0 Å². The number of para-hydroxylation sites is 1. The molecule has 0 fully saturated rings. The second-order valence-electron chi connectivity index (χ2n) is 4.35. The van der Waals surface area contributed by atoms with Crippen LogP contribution < -0.4 is 9.47 Å². The summed E-state index contributed by atoms with van der Waals surface area (Å²) in [5.41, 5.74) is 1.52. The normalized spacial score (nSPS) is 10.2. The van der Waals surface area contributed by atoms with Crippen LogP contribution in [0.2, 0.25) is 5.02 Å². The zero-order chi connectivity index (χ0) is 14.5. The molecule has 3 nitrogen and oxygen atoms in total. The summed E-state index contributed by atoms with van der Waals surface area (Å²) in [6, 6.07) is 12.5. The fourth-order valence-corrected chi connectivity index (χ4v) is 1.99. The average molecular weight is 291 g/mol. The monoisotopic (exact) mass is 290 g/mol. The van der Waals surface area contributed by atoms with E-state index in [4.69, 9.17) is 21.1 Å². The van der Waals surface area contributed by atoms with E-state index in [0.29, 0.717) is 22.1 Å². The van der Waals surface area contributed by atoms with E-state index in [-0.39, 0.29) is 12.4 Å². The minimum absolute atomic E-state index is 0.0798. The average Bonchev–Trinajstić information content (AvgIpc) is 2.47. The van der Waals surface area contributed by atoms with E-state index in [1.165, 1.54) is 7.11 Å². The molecule has 20 heavy (non-hydrogen) atoms. The van der Waals surface area contributed by atoms with Gasteiger partial charge >= 0.3 is 0 Å². The van der Waals surface area contributed by atoms with Crippen LogP contribution in [-0.4, -0.2) is 19.5 Å². The second-order valence-corrected chi connectivity index (χ2v) is 4.75. The van der Waals surface area contributed by atoms with Crippen molar-refractivity contribution < 1.29 is 14.3 Å². The molecule has 4 heteroatoms. The topological polar surface area (TPSA) is 35.5 Å². The lowest BCUT2D eigenvalue weighted by Gasteiger charge is -2.10. The molecule has 0 heterocycles. The molecular formula is C16H15ClO3. The molecule has 0 aliphatic rings. The van der Waals surface area contributed by atoms with Crippen molar-refractivity contribution in [3.05, 3.63) is 58.6 Å². The number of ketones is 1. The van der Waals surface area contributed by atoms with E-state index in [9.17, 15) is 4.79 Å². The summed E-state index contributed by atoms with van der Waals surface area (Å²) >= 11 is 6.02. The van der Waals surface area contributed by atoms with E-state index < -0.39 is 0 Å². The van der Waals surface area contributed by atoms with Crippen LogP contribution >= 0.6 is 11.6 Å². The van der Waals surface area contributed by atoms with Gasteiger partial charge in [0.1, 0.15) is 11.5 Å². The van der Waals surface area contributed by atoms with Crippen LogP contribution in [0.15, 0.2) is 42.5 Å². The summed E-state index contributed by atoms with van der Waals surface area (Å²) in [5, 5.41) is 0.489. The quantitative estimate of drug-likeness (QED) is 0.783. The first-order chi connectivity index (χ1) is 9.61. The van der Waals surface area contributed by atoms with Gasteiger partial charge in [0.2, 0.25) is 5.78 Å². The number of halogens is 1. The Morgan fingerprint density at radius 1 is 1.15 bits per heavy atom. The highest BCUT2D eigenvalue weighted by atomic mass is 35.5. The number of carbonyl (C=O) groups is 1. The molecule has 0 N–H and O–H groups in total. The summed E-state index contributed by atoms with van der Waals surface area (Å²) in [5.74, 6) is 0.895. The fraction of sp³-hybridized carbons (Fsp3) is 0.188. The number of aryl methyl sites for hydroxylation is 1. The predicted octanol–water partition coefficient (Wildman–Crippen LogP) is 3.92. The molecule has 0 unspecified atom stereocenters. The summed E-state index contributed by atoms with van der Waals surface area (Å²) in [6.45, 7) is 1.86. The zero-order valence-corrected chi connectivity index (χ0v) is 12.1. The van der Waals surface area contributed by atoms with Crippen molar-refractivity contribution >= 4 is 17.4 Å². The minimum atomic E-state index is -0.153. The highest BCUT2D eigenvalue weighted by Crippen LogP contribution is 2.26. The fourth-order valence-electron chi connectivity index (χ4n) is 1.82. The lowest BCUT2D eigenvalue weighted by atomic mass is 10.1. The molecule has 0 spiro atoms. The van der Waals surface area contributed by atoms with Gasteiger partial charge in [-0.3, -0.25) is 4.79 Å². The first-order valence-corrected chi connectivity index (χ1v) is 6.55. The molecule has 2 aromatic carbocycles. The van der Waals surface area contributed by atoms with Crippen LogP contribution in [-0.2, 0) is 0 Å². The lowest BCUT2D eigenvalue weighted by Crippen LogP contribution is -2.13. The first kappa shape index (κ1) is 14.4. The smallest absolute Gasteiger partial charge is 0.203 e. The Balaban J connectivity index is 2.11. The number of benzene rings is 2. The van der Waals surface area contributed by atoms with Gasteiger partial charge in [0.25, 0.3) is 0 Å². The number of hydrogen-bond donors (Lipinski definition) is 0. The van der Waals surface area contributed by atoms with Crippen LogP contribution in [0, 0.1) is 6.92 Å². The molecular weight excluding hydrogens is 276 g/mol. The predicted molar refractivity (Wildman–Crippen MR) is 79.0 cm³/mol. The Kier molecular flexibility index (Phi) is 4.64. The maximum atomic E-state index is 12.1. The third-order valence-corrected chi connectivity index (χ3v) is 3.17. The molecule has 0 aliphatic carbocycles. The van der Waals surface area contributed by atoms with Gasteiger partial charge in [-0.2, -0.15) is 0 Å². The highest BCUT2D eigenvalue weighted by Gasteiger charge is 2.13. The van der Waals surface area contributed by atoms with Gasteiger partial charge in [0.15, 0.2) is 6.61 Å². The van der Waals surface area contributed by atoms with E-state index in [1.54, 1.807) is 30.3 Å². The van der Waals surface area contributed by atoms with Crippen molar-refractivity contribution in [2.45, 2.75) is 6.92 Å². The van der Waals surface area contributed by atoms with Crippen molar-refractivity contribution in [3.8, 4) is 11.5 Å². The Morgan fingerprint density at radius 2 is 1.90 bits per heavy atom. The summed E-state index contributed by atoms with van der Waals surface area (Å²) in [6.07, 6.45) is 0. The molecule has 0 radical (unpaired) electrons. The minimum Gasteiger partial charge on any atom is -0.496 e. The van der Waals surface area contributed by atoms with Crippen LogP contribution in [0.3, 0.4) is 0 Å². The van der Waals surface area contributed by atoms with Crippen LogP contribution in [0.5, 0.6) is 11.5 Å². The standard InChI is InChI=1S/C16H15ClO3/c1-11-7-8-13(17)16(9-11)20-10-14(18)12-5-3-4-6-15(12)19-2/h3-9H,10H2,1-2H3. The molecule has 0 bridgehead atoms. The summed E-state index contributed by atoms with van der Waals surface area (Å²) in [7, 11) is 1.53. The molecule has 0 saturated heterocycles. The number of Topliss-reactive ketones (excluding diaryl/α,β-unsaturated/α-hetero) is 1. The Labute approximate surface area is 123 Å². The highest BCUT2D eigenvalue weighted by molar-refractivity contribution is 6.32. The van der Waals surface area contributed by atoms with Crippen LogP contribution in [0.4, 0.5) is 0 Å². The first-order valence-electron chi connectivity index (χ1n) is 6.17. The molecule has 0 aliphatic heterocycles. The molecule has 0 saturated carbocycles. The van der Waals surface area contributed by atoms with Gasteiger partial charge in [-0.05, 0) is 36.8 Å². The van der Waals surface area contributed by atoms with E-state index in [1.807, 2.05) is 19.1 Å². The third-order valence-electron chi connectivity index (χ3n) is 2.85. The van der Waals surface area contributed by atoms with Gasteiger partial charge in [0, 0.05) is 0 Å². The Morgan fingerprint density at radius 3 is 2.65 bits per heavy atom. The van der Waals surface area contributed by atoms with E-state index in [0.717, 1.165) is 5.56 Å². The SMILES string of the molecule is COc1ccccc1C(=O)COc1cc(C)ccc1Cl. The molecule has 0 atom stereocenters. The second kappa shape index (κ2) is 6.44. The molecule has 0 aromatic heterocycles. The van der Waals surface area contributed by atoms with Gasteiger partial charge in [0.05, 0.1) is 17.7 Å². The maximum absolute atomic E-state index is 12.1. The van der Waals surface area contributed by atoms with Crippen molar-refractivity contribution in [2.75, 3.05) is 13.7 Å². The Hall–Kier alpha value is -2.00. The van der Waals surface area contributed by atoms with Crippen molar-refractivity contribution in [2.24, 2.45) is 0 Å². The molecule has 2 aromatic rings. The van der Waals surface area contributed by atoms with Gasteiger partial charge in [-0.1, -0.05) is 29.8 Å². The van der Waals surface area contributed by atoms with Crippen molar-refractivity contribution in [3.63, 3.8) is 0 Å². The van der Waals surface area contributed by atoms with Crippen molar-refractivity contribution in [1.29, 1.82) is 0 Å². The number of hydrogen-bond acceptors (Lipinski definition) is 3. The number of methoxy groups -OCH3 is 1. The molecule has 104 valence electrons.